The first-order valence-corrected chi connectivity index (χ1v) is 6.77. The van der Waals surface area contributed by atoms with Crippen molar-refractivity contribution in [2.24, 2.45) is 0 Å². The van der Waals surface area contributed by atoms with Crippen molar-refractivity contribution in [3.05, 3.63) is 23.4 Å². The highest BCUT2D eigenvalue weighted by Crippen LogP contribution is 2.23. The first kappa shape index (κ1) is 14.5. The molecular formula is C14H20N4O2. The van der Waals surface area contributed by atoms with Gasteiger partial charge >= 0.3 is 0 Å². The average molecular weight is 276 g/mol. The minimum atomic E-state index is -0.339. The molecule has 2 heterocycles. The Morgan fingerprint density at radius 2 is 2.25 bits per heavy atom. The number of carbonyl (C=O) groups excluding carboxylic acids is 2. The van der Waals surface area contributed by atoms with E-state index in [0.717, 1.165) is 17.7 Å². The molecule has 1 saturated heterocycles. The number of piperazine rings is 1. The number of hydrogen-bond acceptors (Lipinski definition) is 5. The highest BCUT2D eigenvalue weighted by Gasteiger charge is 2.33. The quantitative estimate of drug-likeness (QED) is 0.776. The Bertz CT molecular complexity index is 530. The van der Waals surface area contributed by atoms with Crippen LogP contribution in [0.15, 0.2) is 12.3 Å². The smallest absolute Gasteiger partial charge is 0.249 e. The van der Waals surface area contributed by atoms with Crippen LogP contribution in [0.3, 0.4) is 0 Å². The van der Waals surface area contributed by atoms with E-state index in [1.54, 1.807) is 11.1 Å². The van der Waals surface area contributed by atoms with E-state index >= 15 is 0 Å². The topological polar surface area (TPSA) is 74.3 Å². The summed E-state index contributed by atoms with van der Waals surface area (Å²) in [6.07, 6.45) is 2.42. The summed E-state index contributed by atoms with van der Waals surface area (Å²) in [7, 11) is 1.88. The summed E-state index contributed by atoms with van der Waals surface area (Å²) in [5.74, 6) is 0.185. The summed E-state index contributed by atoms with van der Waals surface area (Å²) >= 11 is 0. The van der Waals surface area contributed by atoms with Crippen molar-refractivity contribution in [1.29, 1.82) is 0 Å². The van der Waals surface area contributed by atoms with Crippen molar-refractivity contribution in [2.45, 2.75) is 32.9 Å². The number of anilines is 1. The Labute approximate surface area is 118 Å². The van der Waals surface area contributed by atoms with Crippen LogP contribution in [-0.2, 0) is 16.1 Å². The molecule has 1 aliphatic heterocycles. The Morgan fingerprint density at radius 3 is 2.85 bits per heavy atom. The molecule has 0 saturated carbocycles. The van der Waals surface area contributed by atoms with Gasteiger partial charge in [-0.1, -0.05) is 6.92 Å². The van der Waals surface area contributed by atoms with Crippen molar-refractivity contribution < 1.29 is 9.59 Å². The van der Waals surface area contributed by atoms with Crippen LogP contribution in [0.4, 0.5) is 5.82 Å². The zero-order valence-corrected chi connectivity index (χ0v) is 12.1. The molecule has 1 aromatic heterocycles. The SMILES string of the molecule is CCC1C(=O)NC(=O)CN1c1ncc(CNC)cc1C. The van der Waals surface area contributed by atoms with Crippen LogP contribution >= 0.6 is 0 Å². The van der Waals surface area contributed by atoms with Crippen LogP contribution < -0.4 is 15.5 Å². The number of pyridine rings is 1. The molecule has 1 unspecified atom stereocenters. The molecule has 1 atom stereocenters. The predicted octanol–water partition coefficient (Wildman–Crippen LogP) is 0.351. The van der Waals surface area contributed by atoms with Crippen LogP contribution in [0.5, 0.6) is 0 Å². The largest absolute Gasteiger partial charge is 0.335 e. The molecule has 1 fully saturated rings. The van der Waals surface area contributed by atoms with Crippen molar-refractivity contribution >= 4 is 17.6 Å². The third kappa shape index (κ3) is 2.80. The molecule has 2 rings (SSSR count). The molecule has 0 radical (unpaired) electrons. The summed E-state index contributed by atoms with van der Waals surface area (Å²) < 4.78 is 0. The molecular weight excluding hydrogens is 256 g/mol. The van der Waals surface area contributed by atoms with Gasteiger partial charge in [0.1, 0.15) is 11.9 Å². The molecule has 6 nitrogen and oxygen atoms in total. The molecule has 0 aliphatic carbocycles. The zero-order valence-electron chi connectivity index (χ0n) is 12.1. The lowest BCUT2D eigenvalue weighted by molar-refractivity contribution is -0.132. The van der Waals surface area contributed by atoms with E-state index in [1.807, 2.05) is 27.0 Å². The molecule has 2 N–H and O–H groups in total. The van der Waals surface area contributed by atoms with E-state index < -0.39 is 0 Å². The molecule has 0 bridgehead atoms. The third-order valence-corrected chi connectivity index (χ3v) is 3.40. The summed E-state index contributed by atoms with van der Waals surface area (Å²) in [5, 5.41) is 5.45. The summed E-state index contributed by atoms with van der Waals surface area (Å²) in [6.45, 7) is 4.79. The van der Waals surface area contributed by atoms with Gasteiger partial charge in [0.25, 0.3) is 0 Å². The average Bonchev–Trinajstić information content (AvgIpc) is 2.38. The maximum atomic E-state index is 11.9. The van der Waals surface area contributed by atoms with E-state index in [4.69, 9.17) is 0 Å². The zero-order chi connectivity index (χ0) is 14.7. The van der Waals surface area contributed by atoms with E-state index in [2.05, 4.69) is 15.6 Å². The number of hydrogen-bond donors (Lipinski definition) is 2. The second kappa shape index (κ2) is 6.00. The molecule has 1 aliphatic rings. The second-order valence-corrected chi connectivity index (χ2v) is 4.98. The molecule has 6 heteroatoms. The summed E-state index contributed by atoms with van der Waals surface area (Å²) in [6, 6.07) is 1.69. The third-order valence-electron chi connectivity index (χ3n) is 3.40. The van der Waals surface area contributed by atoms with E-state index in [1.165, 1.54) is 0 Å². The van der Waals surface area contributed by atoms with E-state index in [0.29, 0.717) is 12.2 Å². The lowest BCUT2D eigenvalue weighted by Gasteiger charge is -2.35. The number of carbonyl (C=O) groups is 2. The molecule has 1 aromatic rings. The molecule has 0 aromatic carbocycles. The number of amides is 2. The summed E-state index contributed by atoms with van der Waals surface area (Å²) in [4.78, 5) is 29.7. The highest BCUT2D eigenvalue weighted by molar-refractivity contribution is 6.04. The van der Waals surface area contributed by atoms with Gasteiger partial charge in [-0.05, 0) is 37.6 Å². The number of rotatable bonds is 4. The maximum absolute atomic E-state index is 11.9. The van der Waals surface area contributed by atoms with Gasteiger partial charge in [0.15, 0.2) is 0 Å². The maximum Gasteiger partial charge on any atom is 0.249 e. The normalized spacial score (nSPS) is 19.1. The first-order chi connectivity index (χ1) is 9.56. The van der Waals surface area contributed by atoms with Gasteiger partial charge in [-0.3, -0.25) is 14.9 Å². The number of aromatic nitrogens is 1. The second-order valence-electron chi connectivity index (χ2n) is 4.98. The van der Waals surface area contributed by atoms with Gasteiger partial charge in [-0.15, -0.1) is 0 Å². The number of nitrogens with zero attached hydrogens (tertiary/aromatic N) is 2. The minimum Gasteiger partial charge on any atom is -0.335 e. The number of aryl methyl sites for hydroxylation is 1. The Hall–Kier alpha value is -1.95. The number of imide groups is 1. The molecule has 108 valence electrons. The van der Waals surface area contributed by atoms with Crippen LogP contribution in [0.25, 0.3) is 0 Å². The van der Waals surface area contributed by atoms with Crippen LogP contribution in [0.2, 0.25) is 0 Å². The van der Waals surface area contributed by atoms with Crippen molar-refractivity contribution in [1.82, 2.24) is 15.6 Å². The van der Waals surface area contributed by atoms with Gasteiger partial charge in [0.05, 0.1) is 6.54 Å². The lowest BCUT2D eigenvalue weighted by Crippen LogP contribution is -2.58. The predicted molar refractivity (Wildman–Crippen MR) is 76.3 cm³/mol. The van der Waals surface area contributed by atoms with Gasteiger partial charge < -0.3 is 10.2 Å². The highest BCUT2D eigenvalue weighted by atomic mass is 16.2. The van der Waals surface area contributed by atoms with Gasteiger partial charge in [0, 0.05) is 12.7 Å². The Morgan fingerprint density at radius 1 is 1.50 bits per heavy atom. The molecule has 0 spiro atoms. The Balaban J connectivity index is 2.33. The molecule has 20 heavy (non-hydrogen) atoms. The van der Waals surface area contributed by atoms with E-state index in [9.17, 15) is 9.59 Å². The monoisotopic (exact) mass is 276 g/mol. The fourth-order valence-electron chi connectivity index (χ4n) is 2.52. The van der Waals surface area contributed by atoms with Crippen molar-refractivity contribution in [3.63, 3.8) is 0 Å². The van der Waals surface area contributed by atoms with Crippen LogP contribution in [-0.4, -0.2) is 36.4 Å². The van der Waals surface area contributed by atoms with Gasteiger partial charge in [-0.2, -0.15) is 0 Å². The van der Waals surface area contributed by atoms with Crippen molar-refractivity contribution in [3.8, 4) is 0 Å². The standard InChI is InChI=1S/C14H20N4O2/c1-4-11-14(20)17-12(19)8-18(11)13-9(2)5-10(6-15-3)7-16-13/h5,7,11,15H,4,6,8H2,1-3H3,(H,17,19,20). The van der Waals surface area contributed by atoms with E-state index in [-0.39, 0.29) is 24.4 Å². The lowest BCUT2D eigenvalue weighted by atomic mass is 10.1. The fourth-order valence-corrected chi connectivity index (χ4v) is 2.52. The first-order valence-electron chi connectivity index (χ1n) is 6.77. The number of nitrogens with one attached hydrogen (secondary N) is 2. The Kier molecular flexibility index (Phi) is 4.34. The minimum absolute atomic E-state index is 0.170. The van der Waals surface area contributed by atoms with Crippen LogP contribution in [0.1, 0.15) is 24.5 Å². The summed E-state index contributed by atoms with van der Waals surface area (Å²) in [5.41, 5.74) is 2.05. The van der Waals surface area contributed by atoms with Gasteiger partial charge in [-0.25, -0.2) is 4.98 Å². The molecule has 2 amide bonds. The van der Waals surface area contributed by atoms with Crippen molar-refractivity contribution in [2.75, 3.05) is 18.5 Å². The fraction of sp³-hybridized carbons (Fsp3) is 0.500. The van der Waals surface area contributed by atoms with Gasteiger partial charge in [0.2, 0.25) is 11.8 Å². The van der Waals surface area contributed by atoms with Crippen LogP contribution in [0, 0.1) is 6.92 Å².